The van der Waals surface area contributed by atoms with E-state index >= 15 is 0 Å². The van der Waals surface area contributed by atoms with E-state index < -0.39 is 39.7 Å². The lowest BCUT2D eigenvalue weighted by Crippen LogP contribution is -2.06. The summed E-state index contributed by atoms with van der Waals surface area (Å²) in [5.41, 5.74) is 1.02. The first-order chi connectivity index (χ1) is 12.3. The zero-order valence-corrected chi connectivity index (χ0v) is 13.5. The van der Waals surface area contributed by atoms with E-state index in [0.29, 0.717) is 10.3 Å². The van der Waals surface area contributed by atoms with Crippen molar-refractivity contribution in [2.75, 3.05) is 12.5 Å². The second-order valence-corrected chi connectivity index (χ2v) is 5.80. The van der Waals surface area contributed by atoms with Gasteiger partial charge in [0.25, 0.3) is 0 Å². The molecule has 0 bridgehead atoms. The van der Waals surface area contributed by atoms with Gasteiger partial charge in [-0.1, -0.05) is 11.3 Å². The molecule has 11 heteroatoms. The van der Waals surface area contributed by atoms with Crippen molar-refractivity contribution >= 4 is 33.5 Å². The fourth-order valence-corrected chi connectivity index (χ4v) is 2.80. The minimum absolute atomic E-state index is 0.207. The molecule has 3 rings (SSSR count). The van der Waals surface area contributed by atoms with Gasteiger partial charge in [0.1, 0.15) is 5.69 Å². The van der Waals surface area contributed by atoms with Crippen molar-refractivity contribution in [2.24, 2.45) is 5.10 Å². The zero-order valence-electron chi connectivity index (χ0n) is 12.7. The predicted octanol–water partition coefficient (Wildman–Crippen LogP) is 4.00. The standard InChI is InChI=1S/C15H7F5N2O3S/c1-24-6-2-5(3-7-14(6)25-15(23)26-7)4-21-22-13-11(19)9(17)8(16)10(18)12(13)20/h2-4,22H,1H3/b21-4-. The van der Waals surface area contributed by atoms with Gasteiger partial charge in [0.05, 0.1) is 18.0 Å². The van der Waals surface area contributed by atoms with Crippen LogP contribution >= 0.6 is 11.3 Å². The van der Waals surface area contributed by atoms with Gasteiger partial charge >= 0.3 is 4.94 Å². The monoisotopic (exact) mass is 390 g/mol. The molecule has 2 aromatic carbocycles. The van der Waals surface area contributed by atoms with E-state index in [-0.39, 0.29) is 11.3 Å². The fraction of sp³-hybridized carbons (Fsp3) is 0.0667. The minimum atomic E-state index is -2.26. The Morgan fingerprint density at radius 3 is 2.31 bits per heavy atom. The first-order valence-corrected chi connectivity index (χ1v) is 7.57. The Hall–Kier alpha value is -2.95. The van der Waals surface area contributed by atoms with Gasteiger partial charge in [-0.25, -0.2) is 26.7 Å². The maximum absolute atomic E-state index is 13.5. The van der Waals surface area contributed by atoms with Gasteiger partial charge in [-0.3, -0.25) is 5.43 Å². The molecule has 26 heavy (non-hydrogen) atoms. The summed E-state index contributed by atoms with van der Waals surface area (Å²) in [4.78, 5) is 10.7. The third kappa shape index (κ3) is 3.01. The molecule has 0 aliphatic heterocycles. The molecule has 0 spiro atoms. The van der Waals surface area contributed by atoms with Gasteiger partial charge in [-0.2, -0.15) is 5.10 Å². The van der Waals surface area contributed by atoms with Crippen LogP contribution in [0, 0.1) is 29.1 Å². The summed E-state index contributed by atoms with van der Waals surface area (Å²) >= 11 is 0.791. The van der Waals surface area contributed by atoms with Crippen LogP contribution in [0.15, 0.2) is 26.4 Å². The number of methoxy groups -OCH3 is 1. The second-order valence-electron chi connectivity index (χ2n) is 4.82. The Morgan fingerprint density at radius 2 is 1.69 bits per heavy atom. The maximum Gasteiger partial charge on any atom is 0.396 e. The van der Waals surface area contributed by atoms with Gasteiger partial charge < -0.3 is 9.15 Å². The molecule has 0 fully saturated rings. The molecule has 0 unspecified atom stereocenters. The largest absolute Gasteiger partial charge is 0.493 e. The van der Waals surface area contributed by atoms with Crippen molar-refractivity contribution < 1.29 is 31.1 Å². The number of hydrogen-bond acceptors (Lipinski definition) is 6. The zero-order chi connectivity index (χ0) is 19.0. The molecule has 0 atom stereocenters. The van der Waals surface area contributed by atoms with Crippen LogP contribution in [0.5, 0.6) is 5.75 Å². The second kappa shape index (κ2) is 6.75. The number of ether oxygens (including phenoxy) is 1. The Labute approximate surface area is 145 Å². The predicted molar refractivity (Wildman–Crippen MR) is 84.4 cm³/mol. The molecule has 0 aliphatic carbocycles. The van der Waals surface area contributed by atoms with Gasteiger partial charge in [0, 0.05) is 0 Å². The highest BCUT2D eigenvalue weighted by Gasteiger charge is 2.25. The lowest BCUT2D eigenvalue weighted by molar-refractivity contribution is 0.381. The molecule has 3 aromatic rings. The average Bonchev–Trinajstić information content (AvgIpc) is 3.00. The molecular weight excluding hydrogens is 383 g/mol. The van der Waals surface area contributed by atoms with Gasteiger partial charge in [-0.15, -0.1) is 0 Å². The summed E-state index contributed by atoms with van der Waals surface area (Å²) in [6.45, 7) is 0. The highest BCUT2D eigenvalue weighted by Crippen LogP contribution is 2.29. The van der Waals surface area contributed by atoms with Gasteiger partial charge in [-0.05, 0) is 17.7 Å². The highest BCUT2D eigenvalue weighted by molar-refractivity contribution is 7.16. The van der Waals surface area contributed by atoms with Crippen LogP contribution in [-0.2, 0) is 0 Å². The molecule has 0 radical (unpaired) electrons. The number of hydrazone groups is 1. The Bertz CT molecular complexity index is 1060. The quantitative estimate of drug-likeness (QED) is 0.240. The summed E-state index contributed by atoms with van der Waals surface area (Å²) in [5, 5.41) is 3.46. The number of benzene rings is 2. The van der Waals surface area contributed by atoms with E-state index in [4.69, 9.17) is 9.15 Å². The fourth-order valence-electron chi connectivity index (χ4n) is 2.07. The van der Waals surface area contributed by atoms with Crippen LogP contribution in [0.2, 0.25) is 0 Å². The number of nitrogens with zero attached hydrogens (tertiary/aromatic N) is 1. The molecule has 1 aromatic heterocycles. The smallest absolute Gasteiger partial charge is 0.396 e. The van der Waals surface area contributed by atoms with Crippen molar-refractivity contribution in [1.29, 1.82) is 0 Å². The normalized spacial score (nSPS) is 11.5. The summed E-state index contributed by atoms with van der Waals surface area (Å²) in [7, 11) is 1.33. The summed E-state index contributed by atoms with van der Waals surface area (Å²) in [6.07, 6.45) is 1.05. The lowest BCUT2D eigenvalue weighted by atomic mass is 10.2. The van der Waals surface area contributed by atoms with Crippen molar-refractivity contribution in [3.63, 3.8) is 0 Å². The van der Waals surface area contributed by atoms with Crippen LogP contribution in [-0.4, -0.2) is 13.3 Å². The van der Waals surface area contributed by atoms with E-state index in [2.05, 4.69) is 5.10 Å². The maximum atomic E-state index is 13.5. The van der Waals surface area contributed by atoms with Crippen LogP contribution < -0.4 is 15.1 Å². The number of hydrogen-bond donors (Lipinski definition) is 1. The van der Waals surface area contributed by atoms with Crippen molar-refractivity contribution in [3.05, 3.63) is 56.5 Å². The Morgan fingerprint density at radius 1 is 1.08 bits per heavy atom. The SMILES string of the molecule is COc1cc(/C=N\Nc2c(F)c(F)c(F)c(F)c2F)cc2sc(=O)oc12. The number of halogens is 5. The topological polar surface area (TPSA) is 63.8 Å². The van der Waals surface area contributed by atoms with Crippen LogP contribution in [0.4, 0.5) is 27.6 Å². The molecule has 0 saturated carbocycles. The highest BCUT2D eigenvalue weighted by atomic mass is 32.1. The first kappa shape index (κ1) is 17.9. The first-order valence-electron chi connectivity index (χ1n) is 6.75. The molecule has 1 N–H and O–H groups in total. The number of rotatable bonds is 4. The number of nitrogens with one attached hydrogen (secondary N) is 1. The van der Waals surface area contributed by atoms with Crippen LogP contribution in [0.1, 0.15) is 5.56 Å². The molecule has 5 nitrogen and oxygen atoms in total. The third-order valence-corrected chi connectivity index (χ3v) is 4.01. The molecule has 1 heterocycles. The molecule has 0 amide bonds. The molecular formula is C15H7F5N2O3S. The molecule has 0 aliphatic rings. The number of anilines is 1. The lowest BCUT2D eigenvalue weighted by Gasteiger charge is -2.07. The van der Waals surface area contributed by atoms with E-state index in [1.807, 2.05) is 0 Å². The third-order valence-electron chi connectivity index (χ3n) is 3.24. The van der Waals surface area contributed by atoms with E-state index in [1.54, 1.807) is 5.43 Å². The Balaban J connectivity index is 1.95. The van der Waals surface area contributed by atoms with Crippen LogP contribution in [0.25, 0.3) is 10.3 Å². The number of fused-ring (bicyclic) bond motifs is 1. The van der Waals surface area contributed by atoms with E-state index in [1.165, 1.54) is 19.2 Å². The average molecular weight is 390 g/mol. The van der Waals surface area contributed by atoms with Crippen molar-refractivity contribution in [1.82, 2.24) is 0 Å². The van der Waals surface area contributed by atoms with Crippen molar-refractivity contribution in [3.8, 4) is 5.75 Å². The summed E-state index contributed by atoms with van der Waals surface area (Å²) < 4.78 is 76.7. The van der Waals surface area contributed by atoms with Crippen LogP contribution in [0.3, 0.4) is 0 Å². The summed E-state index contributed by atoms with van der Waals surface area (Å²) in [5.74, 6) is -10.3. The summed E-state index contributed by atoms with van der Waals surface area (Å²) in [6, 6.07) is 2.87. The van der Waals surface area contributed by atoms with Gasteiger partial charge in [0.15, 0.2) is 34.6 Å². The van der Waals surface area contributed by atoms with Crippen molar-refractivity contribution in [2.45, 2.75) is 0 Å². The van der Waals surface area contributed by atoms with Gasteiger partial charge in [0.2, 0.25) is 5.82 Å². The Kier molecular flexibility index (Phi) is 4.64. The van der Waals surface area contributed by atoms with E-state index in [0.717, 1.165) is 17.6 Å². The molecule has 136 valence electrons. The minimum Gasteiger partial charge on any atom is -0.493 e. The van der Waals surface area contributed by atoms with E-state index in [9.17, 15) is 26.7 Å². The molecule has 0 saturated heterocycles.